The molecule has 2 aromatic rings. The summed E-state index contributed by atoms with van der Waals surface area (Å²) in [7, 11) is 0. The Hall–Kier alpha value is -1.40. The smallest absolute Gasteiger partial charge is 0.310 e. The first-order valence-electron chi connectivity index (χ1n) is 5.38. The molecule has 1 N–H and O–H groups in total. The molecular formula is C12H12N2O2S2. The second kappa shape index (κ2) is 5.97. The van der Waals surface area contributed by atoms with E-state index < -0.39 is 11.9 Å². The first-order valence-corrected chi connectivity index (χ1v) is 7.14. The molecule has 1 heterocycles. The van der Waals surface area contributed by atoms with Crippen molar-refractivity contribution in [3.63, 3.8) is 0 Å². The zero-order chi connectivity index (χ0) is 13.0. The van der Waals surface area contributed by atoms with Crippen LogP contribution in [0.1, 0.15) is 24.0 Å². The molecule has 0 aliphatic heterocycles. The number of aromatic nitrogens is 2. The van der Waals surface area contributed by atoms with E-state index in [1.54, 1.807) is 25.0 Å². The number of thioether (sulfide) groups is 1. The number of nitrogens with zero attached hydrogens (tertiary/aromatic N) is 2. The van der Waals surface area contributed by atoms with Crippen molar-refractivity contribution in [3.05, 3.63) is 41.7 Å². The highest BCUT2D eigenvalue weighted by atomic mass is 32.2. The number of aliphatic carboxylic acids is 1. The summed E-state index contributed by atoms with van der Waals surface area (Å²) in [6, 6.07) is 7.66. The van der Waals surface area contributed by atoms with Crippen molar-refractivity contribution in [2.45, 2.75) is 22.9 Å². The van der Waals surface area contributed by atoms with Gasteiger partial charge in [0.05, 0.1) is 5.92 Å². The quantitative estimate of drug-likeness (QED) is 0.853. The minimum absolute atomic E-state index is 0.463. The average molecular weight is 280 g/mol. The van der Waals surface area contributed by atoms with Crippen molar-refractivity contribution in [2.75, 3.05) is 0 Å². The first kappa shape index (κ1) is 13.0. The molecule has 18 heavy (non-hydrogen) atoms. The SMILES string of the molecule is CC(C(=O)O)c1ccc(CSc2ncns2)cc1. The number of rotatable bonds is 5. The molecule has 0 saturated heterocycles. The van der Waals surface area contributed by atoms with E-state index in [1.165, 1.54) is 11.5 Å². The zero-order valence-corrected chi connectivity index (χ0v) is 11.4. The highest BCUT2D eigenvalue weighted by Crippen LogP contribution is 2.24. The number of carboxylic acids is 1. The monoisotopic (exact) mass is 280 g/mol. The molecule has 0 saturated carbocycles. The summed E-state index contributed by atoms with van der Waals surface area (Å²) in [6.07, 6.45) is 1.55. The van der Waals surface area contributed by atoms with E-state index in [0.717, 1.165) is 21.2 Å². The van der Waals surface area contributed by atoms with Gasteiger partial charge in [-0.3, -0.25) is 4.79 Å². The topological polar surface area (TPSA) is 63.1 Å². The van der Waals surface area contributed by atoms with Crippen molar-refractivity contribution in [1.82, 2.24) is 9.36 Å². The van der Waals surface area contributed by atoms with Crippen LogP contribution in [0.25, 0.3) is 0 Å². The van der Waals surface area contributed by atoms with Crippen LogP contribution in [0.2, 0.25) is 0 Å². The van der Waals surface area contributed by atoms with E-state index in [9.17, 15) is 4.79 Å². The van der Waals surface area contributed by atoms with Gasteiger partial charge in [-0.05, 0) is 29.6 Å². The minimum atomic E-state index is -0.800. The molecule has 0 bridgehead atoms. The lowest BCUT2D eigenvalue weighted by molar-refractivity contribution is -0.138. The van der Waals surface area contributed by atoms with Crippen LogP contribution in [0, 0.1) is 0 Å². The van der Waals surface area contributed by atoms with Crippen molar-refractivity contribution >= 4 is 29.3 Å². The fourth-order valence-corrected chi connectivity index (χ4v) is 2.82. The van der Waals surface area contributed by atoms with Gasteiger partial charge in [0, 0.05) is 5.75 Å². The summed E-state index contributed by atoms with van der Waals surface area (Å²) in [5.41, 5.74) is 1.98. The normalized spacial score (nSPS) is 12.3. The third-order valence-electron chi connectivity index (χ3n) is 2.55. The largest absolute Gasteiger partial charge is 0.481 e. The van der Waals surface area contributed by atoms with Gasteiger partial charge in [-0.1, -0.05) is 36.0 Å². The third kappa shape index (κ3) is 3.30. The Kier molecular flexibility index (Phi) is 4.33. The standard InChI is InChI=1S/C12H12N2O2S2/c1-8(11(15)16)10-4-2-9(3-5-10)6-17-12-13-7-14-18-12/h2-5,7-8H,6H2,1H3,(H,15,16). The molecule has 0 amide bonds. The Morgan fingerprint density at radius 2 is 2.17 bits per heavy atom. The number of benzene rings is 1. The lowest BCUT2D eigenvalue weighted by Gasteiger charge is -2.07. The Labute approximate surface area is 113 Å². The summed E-state index contributed by atoms with van der Waals surface area (Å²) in [4.78, 5) is 14.9. The highest BCUT2D eigenvalue weighted by molar-refractivity contribution is 8.00. The van der Waals surface area contributed by atoms with Crippen LogP contribution >= 0.6 is 23.3 Å². The maximum atomic E-state index is 10.8. The summed E-state index contributed by atoms with van der Waals surface area (Å²) in [5, 5.41) is 8.92. The van der Waals surface area contributed by atoms with Gasteiger partial charge >= 0.3 is 5.97 Å². The summed E-state index contributed by atoms with van der Waals surface area (Å²) >= 11 is 3.01. The van der Waals surface area contributed by atoms with E-state index in [2.05, 4.69) is 9.36 Å². The molecule has 2 rings (SSSR count). The lowest BCUT2D eigenvalue weighted by Crippen LogP contribution is -2.07. The minimum Gasteiger partial charge on any atom is -0.481 e. The molecular weight excluding hydrogens is 268 g/mol. The molecule has 1 atom stereocenters. The van der Waals surface area contributed by atoms with Crippen LogP contribution in [0.5, 0.6) is 0 Å². The van der Waals surface area contributed by atoms with Gasteiger partial charge in [0.25, 0.3) is 0 Å². The first-order chi connectivity index (χ1) is 8.66. The predicted octanol–water partition coefficient (Wildman–Crippen LogP) is 3.02. The Balaban J connectivity index is 1.97. The maximum absolute atomic E-state index is 10.8. The number of carbonyl (C=O) groups is 1. The van der Waals surface area contributed by atoms with Gasteiger partial charge in [0.15, 0.2) is 4.34 Å². The van der Waals surface area contributed by atoms with Gasteiger partial charge in [0.2, 0.25) is 0 Å². The van der Waals surface area contributed by atoms with Crippen LogP contribution in [-0.2, 0) is 10.5 Å². The van der Waals surface area contributed by atoms with Crippen LogP contribution in [0.15, 0.2) is 34.9 Å². The molecule has 0 aliphatic carbocycles. The number of hydrogen-bond donors (Lipinski definition) is 1. The van der Waals surface area contributed by atoms with Crippen LogP contribution in [-0.4, -0.2) is 20.4 Å². The van der Waals surface area contributed by atoms with E-state index in [4.69, 9.17) is 5.11 Å². The molecule has 0 fully saturated rings. The summed E-state index contributed by atoms with van der Waals surface area (Å²) in [5.74, 6) is -0.447. The second-order valence-electron chi connectivity index (χ2n) is 3.80. The highest BCUT2D eigenvalue weighted by Gasteiger charge is 2.12. The van der Waals surface area contributed by atoms with Crippen molar-refractivity contribution < 1.29 is 9.90 Å². The maximum Gasteiger partial charge on any atom is 0.310 e. The number of hydrogen-bond acceptors (Lipinski definition) is 5. The van der Waals surface area contributed by atoms with Gasteiger partial charge in [-0.25, -0.2) is 4.98 Å². The fourth-order valence-electron chi connectivity index (χ4n) is 1.42. The van der Waals surface area contributed by atoms with Crippen LogP contribution < -0.4 is 0 Å². The zero-order valence-electron chi connectivity index (χ0n) is 9.74. The molecule has 1 aromatic heterocycles. The molecule has 0 spiro atoms. The fraction of sp³-hybridized carbons (Fsp3) is 0.250. The Bertz CT molecular complexity index is 511. The van der Waals surface area contributed by atoms with Crippen molar-refractivity contribution in [2.24, 2.45) is 0 Å². The van der Waals surface area contributed by atoms with Gasteiger partial charge < -0.3 is 5.11 Å². The van der Waals surface area contributed by atoms with Crippen molar-refractivity contribution in [3.8, 4) is 0 Å². The van der Waals surface area contributed by atoms with E-state index in [1.807, 2.05) is 24.3 Å². The third-order valence-corrected chi connectivity index (χ3v) is 4.42. The Morgan fingerprint density at radius 3 is 2.72 bits per heavy atom. The van der Waals surface area contributed by atoms with Gasteiger partial charge in [-0.15, -0.1) is 0 Å². The molecule has 0 radical (unpaired) electrons. The van der Waals surface area contributed by atoms with E-state index >= 15 is 0 Å². The summed E-state index contributed by atoms with van der Waals surface area (Å²) < 4.78 is 4.88. The molecule has 4 nitrogen and oxygen atoms in total. The molecule has 94 valence electrons. The molecule has 6 heteroatoms. The predicted molar refractivity (Wildman–Crippen MR) is 72.0 cm³/mol. The molecule has 1 unspecified atom stereocenters. The average Bonchev–Trinajstić information content (AvgIpc) is 2.89. The van der Waals surface area contributed by atoms with E-state index in [0.29, 0.717) is 0 Å². The lowest BCUT2D eigenvalue weighted by atomic mass is 10.0. The van der Waals surface area contributed by atoms with Crippen LogP contribution in [0.4, 0.5) is 0 Å². The molecule has 0 aliphatic rings. The summed E-state index contributed by atoms with van der Waals surface area (Å²) in [6.45, 7) is 1.69. The van der Waals surface area contributed by atoms with Gasteiger partial charge in [-0.2, -0.15) is 4.37 Å². The Morgan fingerprint density at radius 1 is 1.44 bits per heavy atom. The number of carboxylic acid groups (broad SMARTS) is 1. The van der Waals surface area contributed by atoms with Gasteiger partial charge in [0.1, 0.15) is 6.33 Å². The van der Waals surface area contributed by atoms with Crippen LogP contribution in [0.3, 0.4) is 0 Å². The second-order valence-corrected chi connectivity index (χ2v) is 5.80. The molecule has 1 aromatic carbocycles. The van der Waals surface area contributed by atoms with Crippen molar-refractivity contribution in [1.29, 1.82) is 0 Å². The van der Waals surface area contributed by atoms with E-state index in [-0.39, 0.29) is 0 Å².